The van der Waals surface area contributed by atoms with E-state index in [1.165, 1.54) is 6.42 Å². The molecule has 2 rings (SSSR count). The molecule has 1 aliphatic heterocycles. The SMILES string of the molecule is CCOC(=O)c1cccnc1OCCC1CCNC1. The predicted molar refractivity (Wildman–Crippen MR) is 71.3 cm³/mol. The van der Waals surface area contributed by atoms with E-state index in [1.807, 2.05) is 0 Å². The van der Waals surface area contributed by atoms with E-state index in [0.717, 1.165) is 19.5 Å². The fourth-order valence-corrected chi connectivity index (χ4v) is 2.15. The van der Waals surface area contributed by atoms with Gasteiger partial charge in [-0.3, -0.25) is 0 Å². The molecule has 104 valence electrons. The maximum atomic E-state index is 11.7. The van der Waals surface area contributed by atoms with Crippen LogP contribution in [0.1, 0.15) is 30.1 Å². The van der Waals surface area contributed by atoms with E-state index in [-0.39, 0.29) is 5.97 Å². The Kier molecular flexibility index (Phi) is 5.15. The van der Waals surface area contributed by atoms with Crippen LogP contribution in [-0.4, -0.2) is 37.3 Å². The number of hydrogen-bond donors (Lipinski definition) is 1. The predicted octanol–water partition coefficient (Wildman–Crippen LogP) is 1.64. The highest BCUT2D eigenvalue weighted by atomic mass is 16.5. The Hall–Kier alpha value is -1.62. The number of carbonyl (C=O) groups is 1. The molecule has 1 saturated heterocycles. The minimum absolute atomic E-state index is 0.348. The highest BCUT2D eigenvalue weighted by Gasteiger charge is 2.17. The lowest BCUT2D eigenvalue weighted by Gasteiger charge is -2.11. The number of nitrogens with one attached hydrogen (secondary N) is 1. The Morgan fingerprint density at radius 1 is 1.58 bits per heavy atom. The molecule has 1 atom stereocenters. The van der Waals surface area contributed by atoms with E-state index in [0.29, 0.717) is 30.6 Å². The number of nitrogens with zero attached hydrogens (tertiary/aromatic N) is 1. The Balaban J connectivity index is 1.89. The molecule has 0 aliphatic carbocycles. The maximum Gasteiger partial charge on any atom is 0.343 e. The van der Waals surface area contributed by atoms with Gasteiger partial charge in [0.05, 0.1) is 13.2 Å². The Labute approximate surface area is 113 Å². The van der Waals surface area contributed by atoms with E-state index < -0.39 is 0 Å². The monoisotopic (exact) mass is 264 g/mol. The zero-order valence-electron chi connectivity index (χ0n) is 11.2. The zero-order chi connectivity index (χ0) is 13.5. The number of hydrogen-bond acceptors (Lipinski definition) is 5. The van der Waals surface area contributed by atoms with Crippen molar-refractivity contribution in [2.75, 3.05) is 26.3 Å². The van der Waals surface area contributed by atoms with Gasteiger partial charge in [0.2, 0.25) is 5.88 Å². The lowest BCUT2D eigenvalue weighted by molar-refractivity contribution is 0.0520. The first kappa shape index (κ1) is 13.8. The summed E-state index contributed by atoms with van der Waals surface area (Å²) in [6.07, 6.45) is 3.79. The van der Waals surface area contributed by atoms with Crippen molar-refractivity contribution in [3.05, 3.63) is 23.9 Å². The number of ether oxygens (including phenoxy) is 2. The van der Waals surface area contributed by atoms with Crippen LogP contribution in [-0.2, 0) is 4.74 Å². The normalized spacial score (nSPS) is 18.3. The van der Waals surface area contributed by atoms with Crippen molar-refractivity contribution >= 4 is 5.97 Å². The molecule has 0 amide bonds. The molecule has 5 nitrogen and oxygen atoms in total. The summed E-state index contributed by atoms with van der Waals surface area (Å²) in [6, 6.07) is 3.39. The van der Waals surface area contributed by atoms with E-state index in [4.69, 9.17) is 9.47 Å². The molecule has 1 N–H and O–H groups in total. The van der Waals surface area contributed by atoms with Gasteiger partial charge < -0.3 is 14.8 Å². The van der Waals surface area contributed by atoms with Gasteiger partial charge in [0.15, 0.2) is 0 Å². The number of rotatable bonds is 6. The minimum Gasteiger partial charge on any atom is -0.477 e. The average Bonchev–Trinajstić information content (AvgIpc) is 2.93. The van der Waals surface area contributed by atoms with Crippen molar-refractivity contribution in [1.29, 1.82) is 0 Å². The number of pyridine rings is 1. The molecular formula is C14H20N2O3. The second-order valence-electron chi connectivity index (χ2n) is 4.57. The van der Waals surface area contributed by atoms with Crippen LogP contribution in [0, 0.1) is 5.92 Å². The van der Waals surface area contributed by atoms with E-state index in [9.17, 15) is 4.79 Å². The fourth-order valence-electron chi connectivity index (χ4n) is 2.15. The third-order valence-electron chi connectivity index (χ3n) is 3.19. The van der Waals surface area contributed by atoms with Crippen LogP contribution < -0.4 is 10.1 Å². The van der Waals surface area contributed by atoms with Gasteiger partial charge in [0, 0.05) is 6.20 Å². The molecule has 0 spiro atoms. The number of esters is 1. The molecule has 1 fully saturated rings. The summed E-state index contributed by atoms with van der Waals surface area (Å²) < 4.78 is 10.6. The lowest BCUT2D eigenvalue weighted by atomic mass is 10.1. The topological polar surface area (TPSA) is 60.5 Å². The van der Waals surface area contributed by atoms with Crippen LogP contribution >= 0.6 is 0 Å². The van der Waals surface area contributed by atoms with Crippen molar-refractivity contribution in [3.63, 3.8) is 0 Å². The van der Waals surface area contributed by atoms with Gasteiger partial charge in [-0.25, -0.2) is 9.78 Å². The zero-order valence-corrected chi connectivity index (χ0v) is 11.2. The molecule has 0 aromatic carbocycles. The molecule has 0 bridgehead atoms. The average molecular weight is 264 g/mol. The molecule has 1 aromatic rings. The van der Waals surface area contributed by atoms with Gasteiger partial charge in [-0.05, 0) is 50.9 Å². The highest BCUT2D eigenvalue weighted by molar-refractivity contribution is 5.91. The summed E-state index contributed by atoms with van der Waals surface area (Å²) in [7, 11) is 0. The number of carbonyl (C=O) groups excluding carboxylic acids is 1. The first-order valence-corrected chi connectivity index (χ1v) is 6.77. The largest absolute Gasteiger partial charge is 0.477 e. The molecule has 0 radical (unpaired) electrons. The Morgan fingerprint density at radius 3 is 3.21 bits per heavy atom. The number of aromatic nitrogens is 1. The van der Waals surface area contributed by atoms with Crippen molar-refractivity contribution in [3.8, 4) is 5.88 Å². The lowest BCUT2D eigenvalue weighted by Crippen LogP contribution is -2.13. The van der Waals surface area contributed by atoms with E-state index in [2.05, 4.69) is 10.3 Å². The maximum absolute atomic E-state index is 11.7. The van der Waals surface area contributed by atoms with Crippen LogP contribution in [0.3, 0.4) is 0 Å². The summed E-state index contributed by atoms with van der Waals surface area (Å²) in [4.78, 5) is 15.8. The smallest absolute Gasteiger partial charge is 0.343 e. The second-order valence-corrected chi connectivity index (χ2v) is 4.57. The summed E-state index contributed by atoms with van der Waals surface area (Å²) >= 11 is 0. The van der Waals surface area contributed by atoms with Crippen LogP contribution in [0.2, 0.25) is 0 Å². The van der Waals surface area contributed by atoms with Gasteiger partial charge in [0.1, 0.15) is 5.56 Å². The standard InChI is InChI=1S/C14H20N2O3/c1-2-18-14(17)12-4-3-7-16-13(12)19-9-6-11-5-8-15-10-11/h3-4,7,11,15H,2,5-6,8-10H2,1H3. The third kappa shape index (κ3) is 3.92. The molecule has 2 heterocycles. The Morgan fingerprint density at radius 2 is 2.47 bits per heavy atom. The summed E-state index contributed by atoms with van der Waals surface area (Å²) in [6.45, 7) is 4.84. The van der Waals surface area contributed by atoms with Crippen molar-refractivity contribution < 1.29 is 14.3 Å². The first-order chi connectivity index (χ1) is 9.31. The fraction of sp³-hybridized carbons (Fsp3) is 0.571. The van der Waals surface area contributed by atoms with Gasteiger partial charge >= 0.3 is 5.97 Å². The summed E-state index contributed by atoms with van der Waals surface area (Å²) in [5, 5.41) is 3.32. The summed E-state index contributed by atoms with van der Waals surface area (Å²) in [5.74, 6) is 0.648. The van der Waals surface area contributed by atoms with Crippen molar-refractivity contribution in [2.24, 2.45) is 5.92 Å². The van der Waals surface area contributed by atoms with Crippen molar-refractivity contribution in [1.82, 2.24) is 10.3 Å². The van der Waals surface area contributed by atoms with Gasteiger partial charge in [-0.2, -0.15) is 0 Å². The summed E-state index contributed by atoms with van der Waals surface area (Å²) in [5.41, 5.74) is 0.397. The van der Waals surface area contributed by atoms with Crippen LogP contribution in [0.15, 0.2) is 18.3 Å². The van der Waals surface area contributed by atoms with Crippen LogP contribution in [0.5, 0.6) is 5.88 Å². The third-order valence-corrected chi connectivity index (χ3v) is 3.19. The van der Waals surface area contributed by atoms with Crippen LogP contribution in [0.25, 0.3) is 0 Å². The second kappa shape index (κ2) is 7.09. The highest BCUT2D eigenvalue weighted by Crippen LogP contribution is 2.18. The Bertz CT molecular complexity index is 417. The van der Waals surface area contributed by atoms with Crippen molar-refractivity contribution in [2.45, 2.75) is 19.8 Å². The van der Waals surface area contributed by atoms with Gasteiger partial charge in [0.25, 0.3) is 0 Å². The quantitative estimate of drug-likeness (QED) is 0.791. The first-order valence-electron chi connectivity index (χ1n) is 6.77. The van der Waals surface area contributed by atoms with Gasteiger partial charge in [-0.1, -0.05) is 0 Å². The van der Waals surface area contributed by atoms with E-state index >= 15 is 0 Å². The molecule has 0 saturated carbocycles. The minimum atomic E-state index is -0.381. The molecule has 5 heteroatoms. The molecule has 1 aromatic heterocycles. The van der Waals surface area contributed by atoms with Gasteiger partial charge in [-0.15, -0.1) is 0 Å². The molecule has 19 heavy (non-hydrogen) atoms. The van der Waals surface area contributed by atoms with Crippen LogP contribution in [0.4, 0.5) is 0 Å². The molecule has 1 aliphatic rings. The molecule has 1 unspecified atom stereocenters. The molecular weight excluding hydrogens is 244 g/mol. The van der Waals surface area contributed by atoms with E-state index in [1.54, 1.807) is 25.3 Å².